The normalized spacial score (nSPS) is 11.2. The van der Waals surface area contributed by atoms with Crippen molar-refractivity contribution in [3.63, 3.8) is 0 Å². The maximum atomic E-state index is 12.6. The van der Waals surface area contributed by atoms with Gasteiger partial charge in [-0.25, -0.2) is 4.79 Å². The van der Waals surface area contributed by atoms with Gasteiger partial charge in [0.05, 0.1) is 18.2 Å². The molecule has 0 unspecified atom stereocenters. The molecular formula is C27H30BrNO4S. The molecule has 0 spiro atoms. The van der Waals surface area contributed by atoms with Gasteiger partial charge in [-0.3, -0.25) is 4.79 Å². The Balaban J connectivity index is 1.63. The second-order valence-electron chi connectivity index (χ2n) is 8.99. The van der Waals surface area contributed by atoms with Crippen LogP contribution in [0, 0.1) is 6.92 Å². The maximum Gasteiger partial charge on any atom is 0.341 e. The minimum absolute atomic E-state index is 0.0582. The monoisotopic (exact) mass is 543 g/mol. The van der Waals surface area contributed by atoms with Crippen LogP contribution < -0.4 is 10.1 Å². The highest BCUT2D eigenvalue weighted by Gasteiger charge is 2.25. The Morgan fingerprint density at radius 1 is 1.09 bits per heavy atom. The number of esters is 1. The molecule has 1 aromatic heterocycles. The van der Waals surface area contributed by atoms with Gasteiger partial charge in [-0.1, -0.05) is 57.2 Å². The standard InChI is InChI=1S/C27H30BrNO4S/c1-17-23(18-10-7-6-8-11-18)24(26(31)32-5)25(34-17)29-22(30)12-9-15-33-21-14-13-19(16-20(21)28)27(2,3)4/h6-8,10-11,13-14,16H,9,12,15H2,1-5H3,(H,29,30). The van der Waals surface area contributed by atoms with Gasteiger partial charge >= 0.3 is 5.97 Å². The molecule has 0 aliphatic carbocycles. The van der Waals surface area contributed by atoms with Gasteiger partial charge in [0, 0.05) is 16.9 Å². The van der Waals surface area contributed by atoms with Gasteiger partial charge in [-0.05, 0) is 57.9 Å². The summed E-state index contributed by atoms with van der Waals surface area (Å²) in [4.78, 5) is 26.2. The third-order valence-electron chi connectivity index (χ3n) is 5.39. The van der Waals surface area contributed by atoms with Crippen molar-refractivity contribution in [1.82, 2.24) is 0 Å². The minimum atomic E-state index is -0.467. The lowest BCUT2D eigenvalue weighted by Gasteiger charge is -2.20. The summed E-state index contributed by atoms with van der Waals surface area (Å²) in [6.45, 7) is 8.83. The summed E-state index contributed by atoms with van der Waals surface area (Å²) in [6.07, 6.45) is 0.818. The van der Waals surface area contributed by atoms with E-state index in [1.165, 1.54) is 24.0 Å². The summed E-state index contributed by atoms with van der Waals surface area (Å²) in [5, 5.41) is 3.41. The lowest BCUT2D eigenvalue weighted by atomic mass is 9.87. The van der Waals surface area contributed by atoms with Crippen molar-refractivity contribution >= 4 is 44.1 Å². The van der Waals surface area contributed by atoms with Crippen LogP contribution in [0.5, 0.6) is 5.75 Å². The van der Waals surface area contributed by atoms with Crippen LogP contribution in [-0.4, -0.2) is 25.6 Å². The van der Waals surface area contributed by atoms with Crippen molar-refractivity contribution in [2.24, 2.45) is 0 Å². The van der Waals surface area contributed by atoms with E-state index in [2.05, 4.69) is 54.2 Å². The number of anilines is 1. The zero-order valence-electron chi connectivity index (χ0n) is 20.2. The average Bonchev–Trinajstić information content (AvgIpc) is 3.12. The molecule has 0 aliphatic rings. The van der Waals surface area contributed by atoms with Crippen molar-refractivity contribution in [2.45, 2.75) is 46.0 Å². The first kappa shape index (κ1) is 26.0. The van der Waals surface area contributed by atoms with E-state index in [9.17, 15) is 9.59 Å². The highest BCUT2D eigenvalue weighted by atomic mass is 79.9. The first-order valence-electron chi connectivity index (χ1n) is 11.1. The van der Waals surface area contributed by atoms with Crippen molar-refractivity contribution in [3.8, 4) is 16.9 Å². The van der Waals surface area contributed by atoms with Crippen LogP contribution in [0.4, 0.5) is 5.00 Å². The van der Waals surface area contributed by atoms with Gasteiger partial charge in [0.1, 0.15) is 16.3 Å². The number of thiophene rings is 1. The van der Waals surface area contributed by atoms with Gasteiger partial charge in [-0.2, -0.15) is 0 Å². The first-order valence-corrected chi connectivity index (χ1v) is 12.7. The number of aryl methyl sites for hydroxylation is 1. The summed E-state index contributed by atoms with van der Waals surface area (Å²) in [7, 11) is 1.35. The molecule has 180 valence electrons. The quantitative estimate of drug-likeness (QED) is 0.238. The van der Waals surface area contributed by atoms with Crippen molar-refractivity contribution in [2.75, 3.05) is 19.0 Å². The molecule has 2 aromatic carbocycles. The van der Waals surface area contributed by atoms with E-state index in [-0.39, 0.29) is 17.7 Å². The van der Waals surface area contributed by atoms with E-state index in [1.54, 1.807) is 0 Å². The first-order chi connectivity index (χ1) is 16.1. The number of carbonyl (C=O) groups is 2. The van der Waals surface area contributed by atoms with E-state index in [0.29, 0.717) is 23.6 Å². The number of amides is 1. The number of hydrogen-bond donors (Lipinski definition) is 1. The van der Waals surface area contributed by atoms with E-state index in [4.69, 9.17) is 9.47 Å². The number of benzene rings is 2. The predicted octanol–water partition coefficient (Wildman–Crippen LogP) is 7.37. The highest BCUT2D eigenvalue weighted by Crippen LogP contribution is 2.40. The lowest BCUT2D eigenvalue weighted by molar-refractivity contribution is -0.116. The third kappa shape index (κ3) is 6.27. The Bertz CT molecular complexity index is 1170. The van der Waals surface area contributed by atoms with Gasteiger partial charge in [0.15, 0.2) is 0 Å². The molecule has 0 saturated carbocycles. The molecule has 1 N–H and O–H groups in total. The van der Waals surface area contributed by atoms with Crippen molar-refractivity contribution < 1.29 is 19.1 Å². The number of carbonyl (C=O) groups excluding carboxylic acids is 2. The Kier molecular flexibility index (Phi) is 8.55. The molecular weight excluding hydrogens is 514 g/mol. The highest BCUT2D eigenvalue weighted by molar-refractivity contribution is 9.10. The van der Waals surface area contributed by atoms with E-state index in [0.717, 1.165) is 26.2 Å². The molecule has 3 rings (SSSR count). The minimum Gasteiger partial charge on any atom is -0.492 e. The van der Waals surface area contributed by atoms with Gasteiger partial charge in [0.25, 0.3) is 0 Å². The summed E-state index contributed by atoms with van der Waals surface area (Å²) in [6, 6.07) is 15.7. The van der Waals surface area contributed by atoms with Crippen LogP contribution in [0.15, 0.2) is 53.0 Å². The van der Waals surface area contributed by atoms with E-state index >= 15 is 0 Å². The Morgan fingerprint density at radius 3 is 2.41 bits per heavy atom. The lowest BCUT2D eigenvalue weighted by Crippen LogP contribution is -2.15. The molecule has 34 heavy (non-hydrogen) atoms. The zero-order chi connectivity index (χ0) is 24.9. The molecule has 0 saturated heterocycles. The van der Waals surface area contributed by atoms with Gasteiger partial charge < -0.3 is 14.8 Å². The fourth-order valence-electron chi connectivity index (χ4n) is 3.57. The zero-order valence-corrected chi connectivity index (χ0v) is 22.6. The number of ether oxygens (including phenoxy) is 2. The van der Waals surface area contributed by atoms with Crippen LogP contribution in [-0.2, 0) is 14.9 Å². The van der Waals surface area contributed by atoms with Crippen molar-refractivity contribution in [1.29, 1.82) is 0 Å². The van der Waals surface area contributed by atoms with Crippen molar-refractivity contribution in [3.05, 3.63) is 69.0 Å². The molecule has 0 aliphatic heterocycles. The molecule has 1 amide bonds. The third-order valence-corrected chi connectivity index (χ3v) is 7.03. The predicted molar refractivity (Wildman–Crippen MR) is 142 cm³/mol. The SMILES string of the molecule is COC(=O)c1c(NC(=O)CCCOc2ccc(C(C)(C)C)cc2Br)sc(C)c1-c1ccccc1. The molecule has 7 heteroatoms. The second-order valence-corrected chi connectivity index (χ2v) is 11.1. The second kappa shape index (κ2) is 11.2. The molecule has 0 radical (unpaired) electrons. The molecule has 0 atom stereocenters. The van der Waals surface area contributed by atoms with E-state index in [1.807, 2.05) is 43.3 Å². The van der Waals surface area contributed by atoms with Crippen LogP contribution >= 0.6 is 27.3 Å². The molecule has 0 bridgehead atoms. The van der Waals surface area contributed by atoms with Crippen LogP contribution in [0.2, 0.25) is 0 Å². The topological polar surface area (TPSA) is 64.6 Å². The van der Waals surface area contributed by atoms with E-state index < -0.39 is 5.97 Å². The molecule has 5 nitrogen and oxygen atoms in total. The van der Waals surface area contributed by atoms with Crippen LogP contribution in [0.3, 0.4) is 0 Å². The average molecular weight is 545 g/mol. The maximum absolute atomic E-state index is 12.6. The number of rotatable bonds is 8. The van der Waals surface area contributed by atoms with Crippen LogP contribution in [0.25, 0.3) is 11.1 Å². The summed E-state index contributed by atoms with van der Waals surface area (Å²) < 4.78 is 11.8. The summed E-state index contributed by atoms with van der Waals surface area (Å²) in [5.41, 5.74) is 3.37. The summed E-state index contributed by atoms with van der Waals surface area (Å²) in [5.74, 6) is 0.116. The molecule has 1 heterocycles. The fraction of sp³-hybridized carbons (Fsp3) is 0.333. The number of methoxy groups -OCH3 is 1. The Morgan fingerprint density at radius 2 is 1.79 bits per heavy atom. The Labute approximate surface area is 213 Å². The smallest absolute Gasteiger partial charge is 0.341 e. The Hall–Kier alpha value is -2.64. The van der Waals surface area contributed by atoms with Gasteiger partial charge in [-0.15, -0.1) is 11.3 Å². The molecule has 3 aromatic rings. The fourth-order valence-corrected chi connectivity index (χ4v) is 5.14. The number of hydrogen-bond acceptors (Lipinski definition) is 5. The van der Waals surface area contributed by atoms with Gasteiger partial charge in [0.2, 0.25) is 5.91 Å². The largest absolute Gasteiger partial charge is 0.492 e. The number of nitrogens with one attached hydrogen (secondary N) is 1. The molecule has 0 fully saturated rings. The van der Waals surface area contributed by atoms with Crippen LogP contribution in [0.1, 0.15) is 54.4 Å². The number of halogens is 1. The summed E-state index contributed by atoms with van der Waals surface area (Å²) >= 11 is 4.95.